The fraction of sp³-hybridized carbons (Fsp3) is 0.316. The van der Waals surface area contributed by atoms with E-state index in [0.29, 0.717) is 24.3 Å². The fourth-order valence-electron chi connectivity index (χ4n) is 2.28. The average Bonchev–Trinajstić information content (AvgIpc) is 2.64. The van der Waals surface area contributed by atoms with Crippen LogP contribution in [0.25, 0.3) is 0 Å². The van der Waals surface area contributed by atoms with Crippen LogP contribution in [0.1, 0.15) is 17.5 Å². The summed E-state index contributed by atoms with van der Waals surface area (Å²) in [6, 6.07) is 13.1. The molecule has 0 aliphatic rings. The first kappa shape index (κ1) is 17.7. The van der Waals surface area contributed by atoms with Gasteiger partial charge < -0.3 is 18.9 Å². The van der Waals surface area contributed by atoms with Gasteiger partial charge in [0.1, 0.15) is 12.4 Å². The molecule has 2 aromatic carbocycles. The van der Waals surface area contributed by atoms with Crippen LogP contribution in [0.15, 0.2) is 42.5 Å². The van der Waals surface area contributed by atoms with Gasteiger partial charge in [0.25, 0.3) is 0 Å². The first-order valence-corrected chi connectivity index (χ1v) is 7.65. The highest BCUT2D eigenvalue weighted by atomic mass is 16.5. The topological polar surface area (TPSA) is 54.0 Å². The lowest BCUT2D eigenvalue weighted by molar-refractivity contribution is -0.144. The predicted molar refractivity (Wildman–Crippen MR) is 90.7 cm³/mol. The fourth-order valence-corrected chi connectivity index (χ4v) is 2.28. The van der Waals surface area contributed by atoms with E-state index in [2.05, 4.69) is 0 Å². The molecule has 0 saturated heterocycles. The second kappa shape index (κ2) is 8.82. The van der Waals surface area contributed by atoms with Crippen molar-refractivity contribution < 1.29 is 23.7 Å². The molecule has 24 heavy (non-hydrogen) atoms. The Labute approximate surface area is 142 Å². The number of hydrogen-bond acceptors (Lipinski definition) is 5. The van der Waals surface area contributed by atoms with E-state index >= 15 is 0 Å². The Balaban J connectivity index is 1.84. The molecule has 5 heteroatoms. The van der Waals surface area contributed by atoms with E-state index in [4.69, 9.17) is 18.9 Å². The highest BCUT2D eigenvalue weighted by molar-refractivity contribution is 5.69. The number of aryl methyl sites for hydroxylation is 1. The van der Waals surface area contributed by atoms with Crippen LogP contribution in [-0.2, 0) is 22.6 Å². The quantitative estimate of drug-likeness (QED) is 0.695. The zero-order valence-corrected chi connectivity index (χ0v) is 14.2. The van der Waals surface area contributed by atoms with Gasteiger partial charge in [0.15, 0.2) is 11.5 Å². The summed E-state index contributed by atoms with van der Waals surface area (Å²) in [5.74, 6) is 1.82. The molecule has 0 spiro atoms. The van der Waals surface area contributed by atoms with Crippen molar-refractivity contribution in [2.45, 2.75) is 19.4 Å². The monoisotopic (exact) mass is 330 g/mol. The van der Waals surface area contributed by atoms with Crippen molar-refractivity contribution in [1.29, 1.82) is 0 Å². The number of rotatable bonds is 8. The first-order chi connectivity index (χ1) is 11.7. The summed E-state index contributed by atoms with van der Waals surface area (Å²) in [7, 11) is 4.78. The minimum Gasteiger partial charge on any atom is -0.497 e. The molecule has 0 atom stereocenters. The second-order valence-electron chi connectivity index (χ2n) is 5.20. The highest BCUT2D eigenvalue weighted by Crippen LogP contribution is 2.28. The Bertz CT molecular complexity index is 681. The lowest BCUT2D eigenvalue weighted by atomic mass is 10.1. The molecule has 0 unspecified atom stereocenters. The zero-order valence-electron chi connectivity index (χ0n) is 14.2. The highest BCUT2D eigenvalue weighted by Gasteiger charge is 2.08. The maximum absolute atomic E-state index is 11.9. The van der Waals surface area contributed by atoms with Gasteiger partial charge in [-0.2, -0.15) is 0 Å². The predicted octanol–water partition coefficient (Wildman–Crippen LogP) is 3.39. The van der Waals surface area contributed by atoms with Crippen molar-refractivity contribution in [1.82, 2.24) is 0 Å². The molecule has 0 radical (unpaired) electrons. The van der Waals surface area contributed by atoms with E-state index in [9.17, 15) is 4.79 Å². The standard InChI is InChI=1S/C19H22O5/c1-21-16-6-4-5-15(11-16)13-24-19(20)10-8-14-7-9-17(22-2)18(12-14)23-3/h4-7,9,11-12H,8,10,13H2,1-3H3. The Morgan fingerprint density at radius 1 is 0.875 bits per heavy atom. The molecular formula is C19H22O5. The molecule has 0 heterocycles. The van der Waals surface area contributed by atoms with Gasteiger partial charge in [0.2, 0.25) is 0 Å². The minimum absolute atomic E-state index is 0.238. The van der Waals surface area contributed by atoms with Gasteiger partial charge in [0.05, 0.1) is 21.3 Å². The normalized spacial score (nSPS) is 10.1. The van der Waals surface area contributed by atoms with Crippen molar-refractivity contribution in [2.75, 3.05) is 21.3 Å². The van der Waals surface area contributed by atoms with Crippen LogP contribution in [0.5, 0.6) is 17.2 Å². The maximum atomic E-state index is 11.9. The third kappa shape index (κ3) is 4.91. The number of ether oxygens (including phenoxy) is 4. The maximum Gasteiger partial charge on any atom is 0.306 e. The van der Waals surface area contributed by atoms with E-state index in [1.165, 1.54) is 0 Å². The van der Waals surface area contributed by atoms with E-state index in [-0.39, 0.29) is 12.6 Å². The van der Waals surface area contributed by atoms with Crippen LogP contribution in [-0.4, -0.2) is 27.3 Å². The summed E-state index contributed by atoms with van der Waals surface area (Å²) in [5, 5.41) is 0. The average molecular weight is 330 g/mol. The Kier molecular flexibility index (Phi) is 6.49. The largest absolute Gasteiger partial charge is 0.497 e. The van der Waals surface area contributed by atoms with Crippen molar-refractivity contribution in [2.24, 2.45) is 0 Å². The van der Waals surface area contributed by atoms with Gasteiger partial charge in [-0.15, -0.1) is 0 Å². The summed E-state index contributed by atoms with van der Waals surface area (Å²) in [5.41, 5.74) is 1.89. The lowest BCUT2D eigenvalue weighted by Crippen LogP contribution is -2.06. The molecule has 128 valence electrons. The Morgan fingerprint density at radius 3 is 2.38 bits per heavy atom. The molecule has 0 amide bonds. The van der Waals surface area contributed by atoms with Crippen LogP contribution < -0.4 is 14.2 Å². The van der Waals surface area contributed by atoms with Gasteiger partial charge in [0, 0.05) is 6.42 Å². The number of hydrogen-bond donors (Lipinski definition) is 0. The van der Waals surface area contributed by atoms with Gasteiger partial charge in [-0.3, -0.25) is 4.79 Å². The van der Waals surface area contributed by atoms with Crippen molar-refractivity contribution in [3.8, 4) is 17.2 Å². The molecule has 0 aliphatic heterocycles. The number of carbonyl (C=O) groups is 1. The zero-order chi connectivity index (χ0) is 17.4. The molecule has 0 N–H and O–H groups in total. The molecular weight excluding hydrogens is 308 g/mol. The molecule has 5 nitrogen and oxygen atoms in total. The van der Waals surface area contributed by atoms with Gasteiger partial charge >= 0.3 is 5.97 Å². The molecule has 0 saturated carbocycles. The van der Waals surface area contributed by atoms with Gasteiger partial charge in [-0.25, -0.2) is 0 Å². The van der Waals surface area contributed by atoms with E-state index in [1.807, 2.05) is 42.5 Å². The second-order valence-corrected chi connectivity index (χ2v) is 5.20. The third-order valence-corrected chi connectivity index (χ3v) is 3.60. The van der Waals surface area contributed by atoms with Crippen LogP contribution in [0.2, 0.25) is 0 Å². The molecule has 0 fully saturated rings. The first-order valence-electron chi connectivity index (χ1n) is 7.65. The summed E-state index contributed by atoms with van der Waals surface area (Å²) in [6.07, 6.45) is 0.886. The molecule has 2 aromatic rings. The number of esters is 1. The van der Waals surface area contributed by atoms with E-state index in [1.54, 1.807) is 21.3 Å². The summed E-state index contributed by atoms with van der Waals surface area (Å²) in [6.45, 7) is 0.238. The van der Waals surface area contributed by atoms with Crippen LogP contribution in [0.3, 0.4) is 0 Å². The summed E-state index contributed by atoms with van der Waals surface area (Å²) >= 11 is 0. The number of carbonyl (C=O) groups excluding carboxylic acids is 1. The third-order valence-electron chi connectivity index (χ3n) is 3.60. The number of benzene rings is 2. The van der Waals surface area contributed by atoms with Gasteiger partial charge in [-0.05, 0) is 41.8 Å². The van der Waals surface area contributed by atoms with Crippen molar-refractivity contribution >= 4 is 5.97 Å². The Morgan fingerprint density at radius 2 is 1.67 bits per heavy atom. The smallest absolute Gasteiger partial charge is 0.306 e. The van der Waals surface area contributed by atoms with Crippen LogP contribution in [0, 0.1) is 0 Å². The van der Waals surface area contributed by atoms with Crippen molar-refractivity contribution in [3.05, 3.63) is 53.6 Å². The van der Waals surface area contributed by atoms with E-state index < -0.39 is 0 Å². The van der Waals surface area contributed by atoms with Crippen molar-refractivity contribution in [3.63, 3.8) is 0 Å². The van der Waals surface area contributed by atoms with E-state index in [0.717, 1.165) is 16.9 Å². The minimum atomic E-state index is -0.243. The molecule has 0 aromatic heterocycles. The molecule has 2 rings (SSSR count). The van der Waals surface area contributed by atoms with Crippen LogP contribution in [0.4, 0.5) is 0 Å². The lowest BCUT2D eigenvalue weighted by Gasteiger charge is -2.10. The summed E-state index contributed by atoms with van der Waals surface area (Å²) in [4.78, 5) is 11.9. The van der Waals surface area contributed by atoms with Crippen LogP contribution >= 0.6 is 0 Å². The Hall–Kier alpha value is -2.69. The van der Waals surface area contributed by atoms with Gasteiger partial charge in [-0.1, -0.05) is 18.2 Å². The molecule has 0 bridgehead atoms. The molecule has 0 aliphatic carbocycles. The number of methoxy groups -OCH3 is 3. The summed E-state index contributed by atoms with van der Waals surface area (Å²) < 4.78 is 20.9. The SMILES string of the molecule is COc1cccc(COC(=O)CCc2ccc(OC)c(OC)c2)c1.